The van der Waals surface area contributed by atoms with Gasteiger partial charge in [0.2, 0.25) is 5.91 Å². The number of carbonyl (C=O) groups excluding carboxylic acids is 1. The third kappa shape index (κ3) is 4.16. The molecule has 1 N–H and O–H groups in total. The van der Waals surface area contributed by atoms with Crippen molar-refractivity contribution in [1.82, 2.24) is 14.8 Å². The van der Waals surface area contributed by atoms with Crippen molar-refractivity contribution in [3.8, 4) is 11.6 Å². The zero-order valence-electron chi connectivity index (χ0n) is 14.3. The van der Waals surface area contributed by atoms with Gasteiger partial charge in [0.05, 0.1) is 22.8 Å². The smallest absolute Gasteiger partial charge is 0.418 e. The molecule has 3 aromatic rings. The highest BCUT2D eigenvalue weighted by Crippen LogP contribution is 2.35. The number of para-hydroxylation sites is 1. The molecule has 0 saturated carbocycles. The number of thioether (sulfide) groups is 1. The van der Waals surface area contributed by atoms with Crippen LogP contribution in [0.3, 0.4) is 0 Å². The number of furan rings is 1. The van der Waals surface area contributed by atoms with Crippen LogP contribution in [0.15, 0.2) is 52.2 Å². The van der Waals surface area contributed by atoms with Crippen LogP contribution >= 0.6 is 11.8 Å². The fraction of sp³-hybridized carbons (Fsp3) is 0.235. The molecule has 0 fully saturated rings. The molecule has 1 aromatic carbocycles. The van der Waals surface area contributed by atoms with E-state index >= 15 is 0 Å². The molecule has 10 heteroatoms. The average Bonchev–Trinajstić information content (AvgIpc) is 3.25. The molecule has 1 amide bonds. The molecule has 0 unspecified atom stereocenters. The summed E-state index contributed by atoms with van der Waals surface area (Å²) in [6, 6.07) is 8.28. The van der Waals surface area contributed by atoms with E-state index in [1.54, 1.807) is 30.7 Å². The molecule has 0 aliphatic carbocycles. The first-order valence-corrected chi connectivity index (χ1v) is 8.72. The van der Waals surface area contributed by atoms with E-state index in [9.17, 15) is 18.0 Å². The van der Waals surface area contributed by atoms with Gasteiger partial charge in [0.25, 0.3) is 0 Å². The summed E-state index contributed by atoms with van der Waals surface area (Å²) in [7, 11) is 1.71. The summed E-state index contributed by atoms with van der Waals surface area (Å²) >= 11 is 1.08. The van der Waals surface area contributed by atoms with Gasteiger partial charge in [-0.05, 0) is 31.2 Å². The van der Waals surface area contributed by atoms with Gasteiger partial charge in [0.15, 0.2) is 16.7 Å². The Morgan fingerprint density at radius 1 is 1.22 bits per heavy atom. The first-order chi connectivity index (χ1) is 12.8. The number of anilines is 1. The fourth-order valence-electron chi connectivity index (χ4n) is 2.32. The Labute approximate surface area is 156 Å². The minimum absolute atomic E-state index is 0.281. The zero-order valence-corrected chi connectivity index (χ0v) is 15.1. The Balaban J connectivity index is 1.73. The lowest BCUT2D eigenvalue weighted by Crippen LogP contribution is -2.24. The maximum Gasteiger partial charge on any atom is 0.418 e. The molecular formula is C17H15F3N4O2S. The summed E-state index contributed by atoms with van der Waals surface area (Å²) in [6.07, 6.45) is -3.05. The van der Waals surface area contributed by atoms with Crippen molar-refractivity contribution in [2.75, 3.05) is 5.32 Å². The largest absolute Gasteiger partial charge is 0.461 e. The van der Waals surface area contributed by atoms with Gasteiger partial charge in [-0.3, -0.25) is 4.79 Å². The van der Waals surface area contributed by atoms with Crippen molar-refractivity contribution in [1.29, 1.82) is 0 Å². The number of aromatic nitrogens is 3. The number of alkyl halides is 3. The molecule has 6 nitrogen and oxygen atoms in total. The Morgan fingerprint density at radius 2 is 1.96 bits per heavy atom. The average molecular weight is 396 g/mol. The Hall–Kier alpha value is -2.75. The number of hydrogen-bond donors (Lipinski definition) is 1. The highest BCUT2D eigenvalue weighted by molar-refractivity contribution is 8.00. The Kier molecular flexibility index (Phi) is 5.26. The number of amides is 1. The van der Waals surface area contributed by atoms with Crippen LogP contribution in [-0.2, 0) is 18.0 Å². The number of benzene rings is 1. The molecule has 0 radical (unpaired) electrons. The quantitative estimate of drug-likeness (QED) is 0.654. The lowest BCUT2D eigenvalue weighted by molar-refractivity contribution is -0.137. The minimum atomic E-state index is -4.55. The van der Waals surface area contributed by atoms with Gasteiger partial charge >= 0.3 is 6.18 Å². The minimum Gasteiger partial charge on any atom is -0.461 e. The third-order valence-corrected chi connectivity index (χ3v) is 4.85. The van der Waals surface area contributed by atoms with Gasteiger partial charge in [-0.2, -0.15) is 13.2 Å². The zero-order chi connectivity index (χ0) is 19.6. The number of hydrogen-bond acceptors (Lipinski definition) is 5. The standard InChI is InChI=1S/C17H15F3N4O2S/c1-10(15(25)21-12-7-4-3-6-11(12)17(18,19)20)27-16-23-22-14(24(16)2)13-8-5-9-26-13/h3-10H,1-2H3,(H,21,25)/t10-/m1/s1. The Bertz CT molecular complexity index is 938. The van der Waals surface area contributed by atoms with E-state index in [1.165, 1.54) is 24.5 Å². The molecule has 27 heavy (non-hydrogen) atoms. The van der Waals surface area contributed by atoms with Gasteiger partial charge < -0.3 is 14.3 Å². The van der Waals surface area contributed by atoms with Crippen molar-refractivity contribution >= 4 is 23.4 Å². The van der Waals surface area contributed by atoms with Gasteiger partial charge in [0.1, 0.15) is 0 Å². The Morgan fingerprint density at radius 3 is 2.63 bits per heavy atom. The first kappa shape index (κ1) is 19.0. The molecule has 0 aliphatic rings. The van der Waals surface area contributed by atoms with Gasteiger partial charge in [-0.15, -0.1) is 10.2 Å². The van der Waals surface area contributed by atoms with Crippen LogP contribution in [0, 0.1) is 0 Å². The van der Waals surface area contributed by atoms with Crippen molar-refractivity contribution in [3.05, 3.63) is 48.2 Å². The van der Waals surface area contributed by atoms with Crippen LogP contribution in [0.1, 0.15) is 12.5 Å². The van der Waals surface area contributed by atoms with Gasteiger partial charge in [-0.1, -0.05) is 23.9 Å². The molecule has 142 valence electrons. The van der Waals surface area contributed by atoms with E-state index in [0.717, 1.165) is 17.8 Å². The third-order valence-electron chi connectivity index (χ3n) is 3.72. The highest BCUT2D eigenvalue weighted by Gasteiger charge is 2.34. The predicted octanol–water partition coefficient (Wildman–Crippen LogP) is 4.21. The van der Waals surface area contributed by atoms with Gasteiger partial charge in [0, 0.05) is 7.05 Å². The van der Waals surface area contributed by atoms with Crippen LogP contribution in [-0.4, -0.2) is 25.9 Å². The van der Waals surface area contributed by atoms with E-state index in [4.69, 9.17) is 4.42 Å². The molecule has 0 bridgehead atoms. The lowest BCUT2D eigenvalue weighted by atomic mass is 10.1. The molecular weight excluding hydrogens is 381 g/mol. The molecule has 0 spiro atoms. The second-order valence-electron chi connectivity index (χ2n) is 5.64. The predicted molar refractivity (Wildman–Crippen MR) is 94.1 cm³/mol. The first-order valence-electron chi connectivity index (χ1n) is 7.84. The van der Waals surface area contributed by atoms with E-state index in [0.29, 0.717) is 16.7 Å². The summed E-state index contributed by atoms with van der Waals surface area (Å²) < 4.78 is 46.1. The number of carbonyl (C=O) groups is 1. The van der Waals surface area contributed by atoms with Crippen LogP contribution in [0.5, 0.6) is 0 Å². The maximum absolute atomic E-state index is 13.0. The van der Waals surface area contributed by atoms with Crippen LogP contribution in [0.25, 0.3) is 11.6 Å². The van der Waals surface area contributed by atoms with Crippen molar-refractivity contribution in [3.63, 3.8) is 0 Å². The molecule has 0 saturated heterocycles. The molecule has 2 aromatic heterocycles. The lowest BCUT2D eigenvalue weighted by Gasteiger charge is -2.16. The molecule has 0 aliphatic heterocycles. The second-order valence-corrected chi connectivity index (χ2v) is 6.94. The number of nitrogens with one attached hydrogen (secondary N) is 1. The monoisotopic (exact) mass is 396 g/mol. The summed E-state index contributed by atoms with van der Waals surface area (Å²) in [4.78, 5) is 12.4. The van der Waals surface area contributed by atoms with Crippen molar-refractivity contribution < 1.29 is 22.4 Å². The normalized spacial score (nSPS) is 12.8. The molecule has 1 atom stereocenters. The van der Waals surface area contributed by atoms with Crippen molar-refractivity contribution in [2.45, 2.75) is 23.5 Å². The highest BCUT2D eigenvalue weighted by atomic mass is 32.2. The van der Waals surface area contributed by atoms with E-state index < -0.39 is 22.9 Å². The van der Waals surface area contributed by atoms with Crippen molar-refractivity contribution in [2.24, 2.45) is 7.05 Å². The molecule has 2 heterocycles. The SMILES string of the molecule is C[C@@H](Sc1nnc(-c2ccco2)n1C)C(=O)Nc1ccccc1C(F)(F)F. The van der Waals surface area contributed by atoms with E-state index in [2.05, 4.69) is 15.5 Å². The number of rotatable bonds is 5. The summed E-state index contributed by atoms with van der Waals surface area (Å²) in [5, 5.41) is 10.1. The summed E-state index contributed by atoms with van der Waals surface area (Å²) in [5.74, 6) is 0.435. The number of halogens is 3. The fourth-order valence-corrected chi connectivity index (χ4v) is 3.14. The number of nitrogens with zero attached hydrogens (tertiary/aromatic N) is 3. The van der Waals surface area contributed by atoms with E-state index in [-0.39, 0.29) is 5.69 Å². The summed E-state index contributed by atoms with van der Waals surface area (Å²) in [6.45, 7) is 1.58. The second kappa shape index (κ2) is 7.47. The van der Waals surface area contributed by atoms with E-state index in [1.807, 2.05) is 0 Å². The maximum atomic E-state index is 13.0. The molecule has 3 rings (SSSR count). The van der Waals surface area contributed by atoms with Crippen LogP contribution in [0.2, 0.25) is 0 Å². The van der Waals surface area contributed by atoms with Crippen LogP contribution in [0.4, 0.5) is 18.9 Å². The topological polar surface area (TPSA) is 73.0 Å². The van der Waals surface area contributed by atoms with Gasteiger partial charge in [-0.25, -0.2) is 0 Å². The van der Waals surface area contributed by atoms with Crippen LogP contribution < -0.4 is 5.32 Å². The summed E-state index contributed by atoms with van der Waals surface area (Å²) in [5.41, 5.74) is -1.17.